The topological polar surface area (TPSA) is 67.5 Å². The van der Waals surface area contributed by atoms with E-state index in [1.54, 1.807) is 23.2 Å². The zero-order valence-electron chi connectivity index (χ0n) is 20.0. The molecule has 7 nitrogen and oxygen atoms in total. The summed E-state index contributed by atoms with van der Waals surface area (Å²) in [4.78, 5) is 25.5. The minimum atomic E-state index is -0.0764. The van der Waals surface area contributed by atoms with E-state index < -0.39 is 0 Å². The maximum atomic E-state index is 13.8. The van der Waals surface area contributed by atoms with E-state index in [-0.39, 0.29) is 5.56 Å². The van der Waals surface area contributed by atoms with Crippen molar-refractivity contribution in [2.24, 2.45) is 4.99 Å². The van der Waals surface area contributed by atoms with E-state index in [2.05, 4.69) is 51.2 Å². The number of allylic oxidation sites excluding steroid dienone is 7. The molecule has 2 aromatic rings. The Morgan fingerprint density at radius 1 is 1.32 bits per heavy atom. The molecule has 1 saturated heterocycles. The second-order valence-electron chi connectivity index (χ2n) is 8.40. The summed E-state index contributed by atoms with van der Waals surface area (Å²) in [5, 5.41) is 3.46. The molecule has 0 atom stereocenters. The summed E-state index contributed by atoms with van der Waals surface area (Å²) >= 11 is 0. The van der Waals surface area contributed by atoms with E-state index in [0.29, 0.717) is 18.6 Å². The van der Waals surface area contributed by atoms with Crippen molar-refractivity contribution in [3.05, 3.63) is 70.5 Å². The van der Waals surface area contributed by atoms with Crippen LogP contribution in [0.5, 0.6) is 0 Å². The summed E-state index contributed by atoms with van der Waals surface area (Å²) in [6.07, 6.45) is 14.9. The quantitative estimate of drug-likeness (QED) is 0.535. The van der Waals surface area contributed by atoms with Gasteiger partial charge in [0, 0.05) is 31.4 Å². The molecule has 1 aliphatic carbocycles. The predicted molar refractivity (Wildman–Crippen MR) is 140 cm³/mol. The molecule has 3 heterocycles. The van der Waals surface area contributed by atoms with E-state index in [4.69, 9.17) is 4.98 Å². The van der Waals surface area contributed by atoms with E-state index in [0.717, 1.165) is 67.2 Å². The van der Waals surface area contributed by atoms with Crippen LogP contribution in [0.4, 0.5) is 5.82 Å². The molecular weight excluding hydrogens is 424 g/mol. The smallest absolute Gasteiger partial charge is 0.278 e. The number of anilines is 1. The fourth-order valence-corrected chi connectivity index (χ4v) is 4.56. The van der Waals surface area contributed by atoms with Crippen LogP contribution in [0.1, 0.15) is 25.3 Å². The fraction of sp³-hybridized carbons (Fsp3) is 0.370. The molecule has 0 amide bonds. The van der Waals surface area contributed by atoms with Crippen LogP contribution >= 0.6 is 0 Å². The van der Waals surface area contributed by atoms with Gasteiger partial charge in [0.15, 0.2) is 0 Å². The maximum absolute atomic E-state index is 13.8. The lowest BCUT2D eigenvalue weighted by Crippen LogP contribution is -2.31. The molecule has 0 aromatic carbocycles. The van der Waals surface area contributed by atoms with E-state index >= 15 is 0 Å². The Labute approximate surface area is 200 Å². The SMILES string of the molecule is C=CC=N/C(Cn1cnc2c(C)c(N3CCCNCC3)n(CC#CC)c2c1=O)=C1/C=CC=CC1. The van der Waals surface area contributed by atoms with Gasteiger partial charge < -0.3 is 14.8 Å². The van der Waals surface area contributed by atoms with Crippen molar-refractivity contribution in [3.8, 4) is 11.8 Å². The Morgan fingerprint density at radius 3 is 2.97 bits per heavy atom. The molecule has 2 aliphatic rings. The lowest BCUT2D eigenvalue weighted by atomic mass is 10.1. The van der Waals surface area contributed by atoms with Gasteiger partial charge >= 0.3 is 0 Å². The van der Waals surface area contributed by atoms with Crippen molar-refractivity contribution in [1.82, 2.24) is 19.4 Å². The second-order valence-corrected chi connectivity index (χ2v) is 8.40. The summed E-state index contributed by atoms with van der Waals surface area (Å²) in [5.41, 5.74) is 4.20. The van der Waals surface area contributed by atoms with Crippen molar-refractivity contribution >= 4 is 23.1 Å². The minimum Gasteiger partial charge on any atom is -0.356 e. The number of aliphatic imine (C=N–C) groups is 1. The minimum absolute atomic E-state index is 0.0764. The van der Waals surface area contributed by atoms with Gasteiger partial charge in [-0.3, -0.25) is 14.4 Å². The highest BCUT2D eigenvalue weighted by Crippen LogP contribution is 2.30. The number of aryl methyl sites for hydroxylation is 1. The van der Waals surface area contributed by atoms with Gasteiger partial charge in [-0.05, 0) is 38.8 Å². The first-order valence-electron chi connectivity index (χ1n) is 11.8. The van der Waals surface area contributed by atoms with E-state index in [1.807, 2.05) is 25.2 Å². The van der Waals surface area contributed by atoms with Crippen molar-refractivity contribution < 1.29 is 0 Å². The molecule has 4 rings (SSSR count). The van der Waals surface area contributed by atoms with Gasteiger partial charge in [-0.25, -0.2) is 4.98 Å². The van der Waals surface area contributed by atoms with Crippen molar-refractivity contribution in [3.63, 3.8) is 0 Å². The molecule has 0 saturated carbocycles. The van der Waals surface area contributed by atoms with Gasteiger partial charge in [0.05, 0.1) is 25.1 Å². The fourth-order valence-electron chi connectivity index (χ4n) is 4.56. The van der Waals surface area contributed by atoms with Gasteiger partial charge in [0.2, 0.25) is 0 Å². The third-order valence-electron chi connectivity index (χ3n) is 6.19. The third-order valence-corrected chi connectivity index (χ3v) is 6.19. The molecule has 0 bridgehead atoms. The molecule has 1 aliphatic heterocycles. The molecule has 1 N–H and O–H groups in total. The molecular formula is C27H32N6O. The summed E-state index contributed by atoms with van der Waals surface area (Å²) in [6.45, 7) is 12.2. The average Bonchev–Trinajstić information content (AvgIpc) is 3.00. The van der Waals surface area contributed by atoms with E-state index in [9.17, 15) is 4.79 Å². The van der Waals surface area contributed by atoms with Crippen LogP contribution in [-0.2, 0) is 13.1 Å². The van der Waals surface area contributed by atoms with Gasteiger partial charge in [0.25, 0.3) is 5.56 Å². The van der Waals surface area contributed by atoms with Crippen LogP contribution in [0.3, 0.4) is 0 Å². The van der Waals surface area contributed by atoms with Crippen molar-refractivity contribution in [2.75, 3.05) is 31.1 Å². The average molecular weight is 457 g/mol. The first kappa shape index (κ1) is 23.5. The molecule has 0 radical (unpaired) electrons. The van der Waals surface area contributed by atoms with E-state index in [1.165, 1.54) is 0 Å². The van der Waals surface area contributed by atoms with Gasteiger partial charge in [0.1, 0.15) is 16.9 Å². The zero-order valence-corrected chi connectivity index (χ0v) is 20.0. The normalized spacial score (nSPS) is 17.6. The first-order valence-corrected chi connectivity index (χ1v) is 11.8. The molecule has 1 fully saturated rings. The van der Waals surface area contributed by atoms with Gasteiger partial charge in [-0.15, -0.1) is 5.92 Å². The molecule has 0 unspecified atom stereocenters. The molecule has 0 spiro atoms. The van der Waals surface area contributed by atoms with Crippen LogP contribution in [0.25, 0.3) is 11.0 Å². The molecule has 34 heavy (non-hydrogen) atoms. The summed E-state index contributed by atoms with van der Waals surface area (Å²) in [6, 6.07) is 0. The highest BCUT2D eigenvalue weighted by atomic mass is 16.1. The van der Waals surface area contributed by atoms with Crippen LogP contribution in [0.15, 0.2) is 64.3 Å². The Hall–Kier alpha value is -3.63. The maximum Gasteiger partial charge on any atom is 0.278 e. The number of nitrogens with zero attached hydrogens (tertiary/aromatic N) is 5. The van der Waals surface area contributed by atoms with Gasteiger partial charge in [-0.2, -0.15) is 0 Å². The number of hydrogen-bond donors (Lipinski definition) is 1. The lowest BCUT2D eigenvalue weighted by Gasteiger charge is -2.24. The lowest BCUT2D eigenvalue weighted by molar-refractivity contribution is 0.711. The Kier molecular flexibility index (Phi) is 7.61. The monoisotopic (exact) mass is 456 g/mol. The van der Waals surface area contributed by atoms with Gasteiger partial charge in [-0.1, -0.05) is 42.9 Å². The van der Waals surface area contributed by atoms with Crippen molar-refractivity contribution in [1.29, 1.82) is 0 Å². The predicted octanol–water partition coefficient (Wildman–Crippen LogP) is 3.36. The molecule has 7 heteroatoms. The number of fused-ring (bicyclic) bond motifs is 1. The number of hydrogen-bond acceptors (Lipinski definition) is 5. The number of aromatic nitrogens is 3. The number of rotatable bonds is 6. The first-order chi connectivity index (χ1) is 16.7. The molecule has 2 aromatic heterocycles. The largest absolute Gasteiger partial charge is 0.356 e. The summed E-state index contributed by atoms with van der Waals surface area (Å²) in [7, 11) is 0. The molecule has 176 valence electrons. The highest BCUT2D eigenvalue weighted by molar-refractivity contribution is 5.86. The Balaban J connectivity index is 1.85. The van der Waals surface area contributed by atoms with Crippen LogP contribution in [0.2, 0.25) is 0 Å². The standard InChI is InChI=1S/C27H32N6O/c1-4-6-17-33-25-24(21(3)26(33)31-16-10-14-28-15-18-31)30-20-32(27(25)34)19-23(29-13-5-2)22-11-8-7-9-12-22/h5,7-9,11,13,20,28H,2,10,12,14-19H2,1,3H3/b23-22-,29-13?. The Bertz CT molecular complexity index is 1300. The third kappa shape index (κ3) is 4.82. The number of nitrogens with one attached hydrogen (secondary N) is 1. The summed E-state index contributed by atoms with van der Waals surface area (Å²) < 4.78 is 3.71. The van der Waals surface area contributed by atoms with Crippen LogP contribution < -0.4 is 15.8 Å². The van der Waals surface area contributed by atoms with Crippen LogP contribution in [0, 0.1) is 18.8 Å². The van der Waals surface area contributed by atoms with Crippen LogP contribution in [-0.4, -0.2) is 46.5 Å². The summed E-state index contributed by atoms with van der Waals surface area (Å²) in [5.74, 6) is 7.20. The van der Waals surface area contributed by atoms with Crippen molar-refractivity contribution in [2.45, 2.75) is 39.8 Å². The highest BCUT2D eigenvalue weighted by Gasteiger charge is 2.24. The Morgan fingerprint density at radius 2 is 2.21 bits per heavy atom. The second kappa shape index (κ2) is 11.0. The zero-order chi connectivity index (χ0) is 23.9.